The Hall–Kier alpha value is -0.0400. The minimum atomic E-state index is 0.484. The highest BCUT2D eigenvalue weighted by Gasteiger charge is 2.13. The molecule has 0 heterocycles. The van der Waals surface area contributed by atoms with Crippen LogP contribution in [0.15, 0.2) is 0 Å². The maximum Gasteiger partial charge on any atom is 0.0580 e. The van der Waals surface area contributed by atoms with Crippen molar-refractivity contribution in [2.24, 2.45) is 11.8 Å². The minimum absolute atomic E-state index is 0.484. The van der Waals surface area contributed by atoms with Crippen molar-refractivity contribution in [1.29, 1.82) is 0 Å². The Kier molecular flexibility index (Phi) is 18.7. The van der Waals surface area contributed by atoms with Crippen LogP contribution in [-0.4, -0.2) is 12.7 Å². The fourth-order valence-electron chi connectivity index (χ4n) is 3.65. The number of unbranched alkanes of at least 4 members (excludes halogenated alkanes) is 12. The van der Waals surface area contributed by atoms with Gasteiger partial charge in [-0.3, -0.25) is 0 Å². The van der Waals surface area contributed by atoms with Gasteiger partial charge in [0.05, 0.1) is 6.10 Å². The van der Waals surface area contributed by atoms with Crippen LogP contribution in [0.1, 0.15) is 131 Å². The molecule has 0 amide bonds. The normalized spacial score (nSPS) is 12.0. The van der Waals surface area contributed by atoms with Crippen molar-refractivity contribution >= 4 is 0 Å². The average Bonchev–Trinajstić information content (AvgIpc) is 2.54. The Morgan fingerprint density at radius 3 is 1.24 bits per heavy atom. The van der Waals surface area contributed by atoms with Crippen molar-refractivity contribution < 1.29 is 4.74 Å². The first-order chi connectivity index (χ1) is 12.1. The maximum atomic E-state index is 6.16. The Balaban J connectivity index is 3.33. The monoisotopic (exact) mass is 354 g/mol. The van der Waals surface area contributed by atoms with Crippen molar-refractivity contribution in [1.82, 2.24) is 0 Å². The fourth-order valence-corrected chi connectivity index (χ4v) is 3.65. The minimum Gasteiger partial charge on any atom is -0.378 e. The van der Waals surface area contributed by atoms with Gasteiger partial charge in [-0.2, -0.15) is 0 Å². The summed E-state index contributed by atoms with van der Waals surface area (Å²) in [7, 11) is 0. The molecular formula is C24H50O. The molecule has 0 rings (SSSR count). The first-order valence-electron chi connectivity index (χ1n) is 11.7. The van der Waals surface area contributed by atoms with Gasteiger partial charge in [0.2, 0.25) is 0 Å². The molecule has 0 unspecified atom stereocenters. The van der Waals surface area contributed by atoms with Gasteiger partial charge in [0.1, 0.15) is 0 Å². The van der Waals surface area contributed by atoms with Crippen LogP contribution >= 0.6 is 0 Å². The third-order valence-electron chi connectivity index (χ3n) is 5.07. The lowest BCUT2D eigenvalue weighted by Gasteiger charge is -2.21. The lowest BCUT2D eigenvalue weighted by Crippen LogP contribution is -2.18. The summed E-state index contributed by atoms with van der Waals surface area (Å²) in [6.45, 7) is 12.5. The van der Waals surface area contributed by atoms with E-state index < -0.39 is 0 Å². The molecule has 0 aliphatic carbocycles. The van der Waals surface area contributed by atoms with E-state index in [1.807, 2.05) is 0 Å². The maximum absolute atomic E-state index is 6.16. The quantitative estimate of drug-likeness (QED) is 0.211. The van der Waals surface area contributed by atoms with Gasteiger partial charge in [-0.1, -0.05) is 112 Å². The van der Waals surface area contributed by atoms with Crippen LogP contribution in [0.2, 0.25) is 0 Å². The second-order valence-corrected chi connectivity index (χ2v) is 8.99. The smallest absolute Gasteiger partial charge is 0.0580 e. The molecule has 0 saturated heterocycles. The van der Waals surface area contributed by atoms with E-state index in [-0.39, 0.29) is 0 Å². The topological polar surface area (TPSA) is 9.23 Å². The van der Waals surface area contributed by atoms with Crippen molar-refractivity contribution in [3.63, 3.8) is 0 Å². The van der Waals surface area contributed by atoms with Crippen molar-refractivity contribution in [3.8, 4) is 0 Å². The van der Waals surface area contributed by atoms with E-state index in [1.165, 1.54) is 96.3 Å². The Labute approximate surface area is 160 Å². The van der Waals surface area contributed by atoms with Crippen LogP contribution in [0.3, 0.4) is 0 Å². The third-order valence-corrected chi connectivity index (χ3v) is 5.07. The van der Waals surface area contributed by atoms with E-state index in [4.69, 9.17) is 4.74 Å². The highest BCUT2D eigenvalue weighted by atomic mass is 16.5. The fraction of sp³-hybridized carbons (Fsp3) is 1.00. The summed E-state index contributed by atoms with van der Waals surface area (Å²) in [5.74, 6) is 1.49. The van der Waals surface area contributed by atoms with Gasteiger partial charge in [-0.25, -0.2) is 0 Å². The number of rotatable bonds is 19. The number of ether oxygens (including phenoxy) is 1. The van der Waals surface area contributed by atoms with E-state index in [1.54, 1.807) is 0 Å². The van der Waals surface area contributed by atoms with E-state index >= 15 is 0 Å². The van der Waals surface area contributed by atoms with Crippen LogP contribution in [0.4, 0.5) is 0 Å². The van der Waals surface area contributed by atoms with Crippen molar-refractivity contribution in [2.75, 3.05) is 6.61 Å². The molecule has 0 atom stereocenters. The lowest BCUT2D eigenvalue weighted by molar-refractivity contribution is 0.0235. The summed E-state index contributed by atoms with van der Waals surface area (Å²) < 4.78 is 6.16. The SMILES string of the molecule is CCCCCCCCCCCCCCCOC(CC(C)C)CC(C)C. The molecule has 152 valence electrons. The van der Waals surface area contributed by atoms with Gasteiger partial charge in [-0.15, -0.1) is 0 Å². The number of hydrogen-bond acceptors (Lipinski definition) is 1. The number of hydrogen-bond donors (Lipinski definition) is 0. The summed E-state index contributed by atoms with van der Waals surface area (Å²) in [6.07, 6.45) is 21.3. The molecule has 0 aromatic carbocycles. The zero-order valence-corrected chi connectivity index (χ0v) is 18.5. The second-order valence-electron chi connectivity index (χ2n) is 8.99. The summed E-state index contributed by atoms with van der Waals surface area (Å²) in [5.41, 5.74) is 0. The highest BCUT2D eigenvalue weighted by Crippen LogP contribution is 2.17. The van der Waals surface area contributed by atoms with Crippen LogP contribution in [0.5, 0.6) is 0 Å². The third kappa shape index (κ3) is 20.1. The molecule has 25 heavy (non-hydrogen) atoms. The van der Waals surface area contributed by atoms with Crippen LogP contribution in [0, 0.1) is 11.8 Å². The highest BCUT2D eigenvalue weighted by molar-refractivity contribution is 4.63. The van der Waals surface area contributed by atoms with Gasteiger partial charge < -0.3 is 4.74 Å². The molecule has 1 heteroatoms. The second kappa shape index (κ2) is 18.7. The van der Waals surface area contributed by atoms with Gasteiger partial charge in [0.15, 0.2) is 0 Å². The molecule has 0 aliphatic heterocycles. The van der Waals surface area contributed by atoms with E-state index in [0.717, 1.165) is 18.4 Å². The molecular weight excluding hydrogens is 304 g/mol. The molecule has 0 saturated carbocycles. The molecule has 0 bridgehead atoms. The van der Waals surface area contributed by atoms with Gasteiger partial charge in [0.25, 0.3) is 0 Å². The molecule has 0 aromatic rings. The van der Waals surface area contributed by atoms with Crippen molar-refractivity contribution in [3.05, 3.63) is 0 Å². The van der Waals surface area contributed by atoms with E-state index in [0.29, 0.717) is 6.10 Å². The molecule has 0 spiro atoms. The standard InChI is InChI=1S/C24H50O/c1-6-7-8-9-10-11-12-13-14-15-16-17-18-19-25-24(20-22(2)3)21-23(4)5/h22-24H,6-21H2,1-5H3. The zero-order valence-electron chi connectivity index (χ0n) is 18.5. The van der Waals surface area contributed by atoms with E-state index in [9.17, 15) is 0 Å². The first kappa shape index (κ1) is 25.0. The Morgan fingerprint density at radius 2 is 0.880 bits per heavy atom. The summed E-state index contributed by atoms with van der Waals surface area (Å²) in [6, 6.07) is 0. The first-order valence-corrected chi connectivity index (χ1v) is 11.7. The predicted molar refractivity (Wildman–Crippen MR) is 114 cm³/mol. The molecule has 0 aromatic heterocycles. The summed E-state index contributed by atoms with van der Waals surface area (Å²) >= 11 is 0. The molecule has 0 fully saturated rings. The van der Waals surface area contributed by atoms with Gasteiger partial charge >= 0.3 is 0 Å². The predicted octanol–water partition coefficient (Wildman–Crippen LogP) is 8.56. The average molecular weight is 355 g/mol. The van der Waals surface area contributed by atoms with Crippen molar-refractivity contribution in [2.45, 2.75) is 137 Å². The van der Waals surface area contributed by atoms with Gasteiger partial charge in [0, 0.05) is 6.61 Å². The Morgan fingerprint density at radius 1 is 0.520 bits per heavy atom. The lowest BCUT2D eigenvalue weighted by atomic mass is 9.98. The van der Waals surface area contributed by atoms with Crippen LogP contribution in [0.25, 0.3) is 0 Å². The van der Waals surface area contributed by atoms with Crippen LogP contribution < -0.4 is 0 Å². The molecule has 1 nitrogen and oxygen atoms in total. The van der Waals surface area contributed by atoms with Gasteiger partial charge in [-0.05, 0) is 31.1 Å². The summed E-state index contributed by atoms with van der Waals surface area (Å²) in [4.78, 5) is 0. The largest absolute Gasteiger partial charge is 0.378 e. The Bertz CT molecular complexity index is 236. The van der Waals surface area contributed by atoms with E-state index in [2.05, 4.69) is 34.6 Å². The molecule has 0 radical (unpaired) electrons. The van der Waals surface area contributed by atoms with Crippen LogP contribution in [-0.2, 0) is 4.74 Å². The summed E-state index contributed by atoms with van der Waals surface area (Å²) in [5, 5.41) is 0. The zero-order chi connectivity index (χ0) is 18.8. The molecule has 0 N–H and O–H groups in total. The molecule has 0 aliphatic rings.